The zero-order chi connectivity index (χ0) is 13.5. The smallest absolute Gasteiger partial charge is 0.307 e. The van der Waals surface area contributed by atoms with Crippen LogP contribution < -0.4 is 10.7 Å². The van der Waals surface area contributed by atoms with Crippen molar-refractivity contribution in [3.8, 4) is 0 Å². The maximum atomic E-state index is 6.03. The van der Waals surface area contributed by atoms with Crippen molar-refractivity contribution in [3.63, 3.8) is 0 Å². The number of aliphatic imine (C=N–C) groups is 1. The van der Waals surface area contributed by atoms with Crippen molar-refractivity contribution in [2.45, 2.75) is 0 Å². The van der Waals surface area contributed by atoms with E-state index >= 15 is 0 Å². The second-order valence-corrected chi connectivity index (χ2v) is 5.60. The van der Waals surface area contributed by atoms with Crippen LogP contribution in [0.15, 0.2) is 65.7 Å². The molecule has 2 aromatic rings. The van der Waals surface area contributed by atoms with Crippen molar-refractivity contribution in [3.05, 3.63) is 66.2 Å². The second-order valence-electron chi connectivity index (χ2n) is 3.73. The largest absolute Gasteiger partial charge is 0.318 e. The minimum atomic E-state index is 0.597. The van der Waals surface area contributed by atoms with Gasteiger partial charge in [0.05, 0.1) is 0 Å². The van der Waals surface area contributed by atoms with E-state index < -0.39 is 0 Å². The zero-order valence-electron chi connectivity index (χ0n) is 10.1. The Labute approximate surface area is 128 Å². The molecular weight excluding hydrogens is 369 g/mol. The molecule has 3 N–H and O–H groups in total. The van der Waals surface area contributed by atoms with Crippen LogP contribution in [0.25, 0.3) is 0 Å². The van der Waals surface area contributed by atoms with Crippen molar-refractivity contribution in [1.29, 1.82) is 0 Å². The van der Waals surface area contributed by atoms with Gasteiger partial charge in [-0.2, -0.15) is 0 Å². The molecule has 0 saturated carbocycles. The predicted molar refractivity (Wildman–Crippen MR) is 90.8 cm³/mol. The molecule has 0 saturated heterocycles. The lowest BCUT2D eigenvalue weighted by Crippen LogP contribution is -2.78. The minimum absolute atomic E-state index is 0.597. The average Bonchev–Trinajstić information content (AvgIpc) is 2.48. The Kier molecular flexibility index (Phi) is 5.41. The normalized spacial score (nSPS) is 12.5. The van der Waals surface area contributed by atoms with Crippen molar-refractivity contribution in [1.82, 2.24) is 0 Å². The van der Waals surface area contributed by atoms with Crippen molar-refractivity contribution in [2.24, 2.45) is 10.7 Å². The first-order valence-corrected chi connectivity index (χ1v) is 9.02. The molecule has 2 aromatic carbocycles. The third-order valence-electron chi connectivity index (χ3n) is 2.39. The Morgan fingerprint density at radius 2 is 1.58 bits per heavy atom. The van der Waals surface area contributed by atoms with E-state index in [1.165, 1.54) is 8.93 Å². The first kappa shape index (κ1) is 14.1. The molecule has 0 aromatic heterocycles. The molecule has 0 aliphatic carbocycles. The van der Waals surface area contributed by atoms with Crippen LogP contribution in [0, 0.1) is 0 Å². The Hall–Kier alpha value is -1.34. The van der Waals surface area contributed by atoms with Gasteiger partial charge in [-0.25, -0.2) is 4.99 Å². The Balaban J connectivity index is 2.26. The number of rotatable bonds is 2. The van der Waals surface area contributed by atoms with Gasteiger partial charge >= 0.3 is 5.17 Å². The molecule has 0 heterocycles. The van der Waals surface area contributed by atoms with Gasteiger partial charge < -0.3 is 5.73 Å². The van der Waals surface area contributed by atoms with Crippen LogP contribution in [0.1, 0.15) is 5.56 Å². The molecule has 0 amide bonds. The van der Waals surface area contributed by atoms with Crippen LogP contribution in [0.4, 0.5) is 5.69 Å². The third-order valence-corrected chi connectivity index (χ3v) is 3.98. The number of para-hydroxylation sites is 1. The number of benzene rings is 2. The Morgan fingerprint density at radius 1 is 1.00 bits per heavy atom. The van der Waals surface area contributed by atoms with E-state index in [4.69, 9.17) is 5.73 Å². The Bertz CT molecular complexity index is 582. The van der Waals surface area contributed by atoms with Crippen molar-refractivity contribution >= 4 is 46.8 Å². The average molecular weight is 382 g/mol. The van der Waals surface area contributed by atoms with Crippen LogP contribution in [0.2, 0.25) is 0 Å². The van der Waals surface area contributed by atoms with Crippen molar-refractivity contribution in [2.75, 3.05) is 0 Å². The van der Waals surface area contributed by atoms with Gasteiger partial charge in [0.25, 0.3) is 0 Å². The third kappa shape index (κ3) is 4.36. The number of nitrogens with zero attached hydrogens (tertiary/aromatic N) is 1. The van der Waals surface area contributed by atoms with Gasteiger partial charge in [0.1, 0.15) is 5.69 Å². The molecule has 3 nitrogen and oxygen atoms in total. The fourth-order valence-electron chi connectivity index (χ4n) is 1.49. The lowest BCUT2D eigenvalue weighted by molar-refractivity contribution is -0.308. The maximum absolute atomic E-state index is 6.03. The highest BCUT2D eigenvalue weighted by Crippen LogP contribution is 2.15. The monoisotopic (exact) mass is 382 g/mol. The van der Waals surface area contributed by atoms with Crippen LogP contribution in [-0.4, -0.2) is 11.0 Å². The van der Waals surface area contributed by atoms with E-state index in [9.17, 15) is 0 Å². The van der Waals surface area contributed by atoms with Gasteiger partial charge in [-0.3, -0.25) is 0 Å². The highest BCUT2D eigenvalue weighted by molar-refractivity contribution is 14.2. The second kappa shape index (κ2) is 7.30. The highest BCUT2D eigenvalue weighted by Gasteiger charge is 2.07. The van der Waals surface area contributed by atoms with Crippen LogP contribution in [0.3, 0.4) is 0 Å². The number of nitrogen functional groups attached to an aromatic ring is 1. The molecule has 0 radical (unpaired) electrons. The van der Waals surface area contributed by atoms with Gasteiger partial charge in [-0.1, -0.05) is 41.4 Å². The Morgan fingerprint density at radius 3 is 2.16 bits per heavy atom. The molecule has 19 heavy (non-hydrogen) atoms. The van der Waals surface area contributed by atoms with E-state index in [1.807, 2.05) is 60.7 Å². The number of nitrogens with two attached hydrogens (primary N) is 1. The van der Waals surface area contributed by atoms with E-state index in [2.05, 4.69) is 31.2 Å². The predicted octanol–water partition coefficient (Wildman–Crippen LogP) is 2.24. The van der Waals surface area contributed by atoms with Crippen LogP contribution in [0.5, 0.6) is 0 Å². The molecule has 0 atom stereocenters. The van der Waals surface area contributed by atoms with E-state index in [1.54, 1.807) is 0 Å². The fourth-order valence-corrected chi connectivity index (χ4v) is 2.40. The topological polar surface area (TPSA) is 52.4 Å². The van der Waals surface area contributed by atoms with E-state index in [-0.39, 0.29) is 0 Å². The maximum Gasteiger partial charge on any atom is 0.307 e. The van der Waals surface area contributed by atoms with Gasteiger partial charge in [-0.05, 0) is 24.3 Å². The van der Waals surface area contributed by atoms with Crippen LogP contribution in [-0.2, 0) is 0 Å². The van der Waals surface area contributed by atoms with Gasteiger partial charge in [-0.15, -0.1) is 0 Å². The summed E-state index contributed by atoms with van der Waals surface area (Å²) >= 11 is 2.18. The lowest BCUT2D eigenvalue weighted by atomic mass is 10.2. The lowest BCUT2D eigenvalue weighted by Gasteiger charge is -1.96. The molecule has 0 unspecified atom stereocenters. The van der Waals surface area contributed by atoms with E-state index in [0.29, 0.717) is 5.84 Å². The SMILES string of the molecule is N/C(=[NH+]\C(=Nc1ccccc1)SI)c1ccccc1. The molecule has 0 spiro atoms. The summed E-state index contributed by atoms with van der Waals surface area (Å²) < 4.78 is 0. The van der Waals surface area contributed by atoms with Crippen molar-refractivity contribution < 1.29 is 4.99 Å². The number of nitrogens with one attached hydrogen (secondary N) is 1. The van der Waals surface area contributed by atoms with Gasteiger partial charge in [0.2, 0.25) is 5.84 Å². The van der Waals surface area contributed by atoms with E-state index in [0.717, 1.165) is 16.4 Å². The van der Waals surface area contributed by atoms with Gasteiger partial charge in [0.15, 0.2) is 0 Å². The fraction of sp³-hybridized carbons (Fsp3) is 0. The molecule has 0 bridgehead atoms. The summed E-state index contributed by atoms with van der Waals surface area (Å²) in [5.41, 5.74) is 7.88. The number of halogens is 1. The highest BCUT2D eigenvalue weighted by atomic mass is 127. The summed E-state index contributed by atoms with van der Waals surface area (Å²) in [7, 11) is 1.50. The standard InChI is InChI=1S/C14H12IN3S/c15-19-14(17-12-9-5-2-6-10-12)18-13(16)11-7-3-1-4-8-11/h1-10H,(H2,16,17,18)/p+1. The first-order valence-electron chi connectivity index (χ1n) is 5.67. The molecule has 96 valence electrons. The quantitative estimate of drug-likeness (QED) is 0.476. The summed E-state index contributed by atoms with van der Waals surface area (Å²) in [4.78, 5) is 7.63. The zero-order valence-corrected chi connectivity index (χ0v) is 13.1. The van der Waals surface area contributed by atoms with Gasteiger partial charge in [0, 0.05) is 35.7 Å². The molecule has 5 heteroatoms. The molecule has 0 fully saturated rings. The molecule has 0 aliphatic rings. The summed E-state index contributed by atoms with van der Waals surface area (Å²) in [6.07, 6.45) is 0. The number of hydrogen-bond acceptors (Lipinski definition) is 2. The summed E-state index contributed by atoms with van der Waals surface area (Å²) in [6.45, 7) is 0. The minimum Gasteiger partial charge on any atom is -0.318 e. The molecule has 2 rings (SSSR count). The number of amidine groups is 2. The number of hydrogen-bond donors (Lipinski definition) is 2. The van der Waals surface area contributed by atoms with Crippen LogP contribution >= 0.6 is 30.1 Å². The molecule has 0 aliphatic heterocycles. The summed E-state index contributed by atoms with van der Waals surface area (Å²) in [6, 6.07) is 19.6. The molecular formula is C14H13IN3S+. The summed E-state index contributed by atoms with van der Waals surface area (Å²) in [5.74, 6) is 0.597. The first-order chi connectivity index (χ1) is 9.29. The summed E-state index contributed by atoms with van der Waals surface area (Å²) in [5, 5.41) is 0.758.